The maximum atomic E-state index is 12.4. The quantitative estimate of drug-likeness (QED) is 0.141. The summed E-state index contributed by atoms with van der Waals surface area (Å²) in [6.45, 7) is 4.29. The Balaban J connectivity index is 0.00000239. The van der Waals surface area contributed by atoms with Crippen LogP contribution in [0, 0.1) is 10.8 Å². The van der Waals surface area contributed by atoms with E-state index in [9.17, 15) is 9.59 Å². The van der Waals surface area contributed by atoms with Gasteiger partial charge in [-0.05, 0) is 104 Å². The second-order valence-corrected chi connectivity index (χ2v) is 13.0. The maximum absolute atomic E-state index is 12.4. The van der Waals surface area contributed by atoms with Gasteiger partial charge in [0.2, 0.25) is 5.91 Å². The number of benzene rings is 3. The second kappa shape index (κ2) is 17.7. The highest BCUT2D eigenvalue weighted by molar-refractivity contribution is 6.18. The first-order chi connectivity index (χ1) is 24.4. The van der Waals surface area contributed by atoms with Crippen LogP contribution < -0.4 is 15.1 Å². The van der Waals surface area contributed by atoms with E-state index in [1.807, 2.05) is 53.6 Å². The van der Waals surface area contributed by atoms with Gasteiger partial charge in [-0.2, -0.15) is 0 Å². The third-order valence-electron chi connectivity index (χ3n) is 10.2. The Morgan fingerprint density at radius 1 is 0.900 bits per heavy atom. The van der Waals surface area contributed by atoms with Crippen LogP contribution in [0.3, 0.4) is 0 Å². The Labute approximate surface area is 296 Å². The number of aldehydes is 1. The van der Waals surface area contributed by atoms with Crippen LogP contribution in [-0.4, -0.2) is 80.0 Å². The number of amides is 1. The number of aliphatic hydroxyl groups is 1. The molecule has 0 aromatic heterocycles. The number of nitrogens with one attached hydrogen (secondary N) is 3. The number of likely N-dealkylation sites (tertiary alicyclic amines) is 1. The van der Waals surface area contributed by atoms with E-state index in [-0.39, 0.29) is 11.8 Å². The lowest BCUT2D eigenvalue weighted by atomic mass is 9.88. The number of likely N-dealkylation sites (N-methyl/N-ethyl adjacent to an activating group) is 1. The summed E-state index contributed by atoms with van der Waals surface area (Å²) < 4.78 is 0. The molecule has 3 aliphatic rings. The fourth-order valence-corrected chi connectivity index (χ4v) is 7.42. The molecule has 9 nitrogen and oxygen atoms in total. The molecule has 0 spiro atoms. The summed E-state index contributed by atoms with van der Waals surface area (Å²) in [4.78, 5) is 30.4. The van der Waals surface area contributed by atoms with E-state index < -0.39 is 0 Å². The number of carbonyl (C=O) groups excluding carboxylic acids is 2. The van der Waals surface area contributed by atoms with Crippen LogP contribution in [-0.2, 0) is 9.59 Å². The highest BCUT2D eigenvalue weighted by Crippen LogP contribution is 2.34. The molecule has 1 unspecified atom stereocenters. The van der Waals surface area contributed by atoms with Crippen molar-refractivity contribution in [1.82, 2.24) is 10.2 Å². The Morgan fingerprint density at radius 3 is 2.16 bits per heavy atom. The fourth-order valence-electron chi connectivity index (χ4n) is 7.42. The van der Waals surface area contributed by atoms with Gasteiger partial charge in [0.05, 0.1) is 23.0 Å². The third kappa shape index (κ3) is 8.64. The first-order valence-electron chi connectivity index (χ1n) is 17.7. The summed E-state index contributed by atoms with van der Waals surface area (Å²) in [5.74, 6) is 0.208. The number of hydrogen-bond acceptors (Lipinski definition) is 8. The van der Waals surface area contributed by atoms with Gasteiger partial charge in [0.1, 0.15) is 6.29 Å². The molecule has 6 rings (SSSR count). The van der Waals surface area contributed by atoms with Crippen molar-refractivity contribution in [2.75, 3.05) is 50.1 Å². The Hall–Kier alpha value is -4.86. The summed E-state index contributed by atoms with van der Waals surface area (Å²) in [5, 5.41) is 26.7. The van der Waals surface area contributed by atoms with Gasteiger partial charge >= 0.3 is 0 Å². The average molecular weight is 675 g/mol. The van der Waals surface area contributed by atoms with Gasteiger partial charge in [-0.25, -0.2) is 0 Å². The minimum absolute atomic E-state index is 0.0446. The van der Waals surface area contributed by atoms with E-state index in [2.05, 4.69) is 51.5 Å². The molecule has 50 heavy (non-hydrogen) atoms. The second-order valence-electron chi connectivity index (χ2n) is 13.0. The van der Waals surface area contributed by atoms with E-state index in [4.69, 9.17) is 15.9 Å². The molecule has 0 bridgehead atoms. The molecule has 3 aromatic carbocycles. The van der Waals surface area contributed by atoms with Gasteiger partial charge in [-0.3, -0.25) is 10.2 Å². The highest BCUT2D eigenvalue weighted by Gasteiger charge is 2.29. The topological polar surface area (TPSA) is 124 Å². The minimum Gasteiger partial charge on any atom is -0.400 e. The number of allylic oxidation sites excluding steroid dienone is 2. The molecule has 3 aromatic rings. The summed E-state index contributed by atoms with van der Waals surface area (Å²) in [6.07, 6.45) is 11.9. The van der Waals surface area contributed by atoms with Crippen LogP contribution >= 0.6 is 0 Å². The largest absolute Gasteiger partial charge is 0.400 e. The zero-order valence-electron chi connectivity index (χ0n) is 29.2. The molecule has 262 valence electrons. The molecule has 2 saturated heterocycles. The van der Waals surface area contributed by atoms with Crippen LogP contribution in [0.1, 0.15) is 67.1 Å². The first kappa shape index (κ1) is 36.4. The zero-order valence-corrected chi connectivity index (χ0v) is 29.2. The van der Waals surface area contributed by atoms with Crippen LogP contribution in [0.4, 0.5) is 11.4 Å². The normalized spacial score (nSPS) is 18.5. The Morgan fingerprint density at radius 2 is 1.54 bits per heavy atom. The van der Waals surface area contributed by atoms with Crippen molar-refractivity contribution in [2.45, 2.75) is 56.4 Å². The average Bonchev–Trinajstić information content (AvgIpc) is 3.55. The van der Waals surface area contributed by atoms with Gasteiger partial charge in [-0.1, -0.05) is 54.6 Å². The number of hydrogen-bond donors (Lipinski definition) is 4. The fraction of sp³-hybridized carbons (Fsp3) is 0.366. The van der Waals surface area contributed by atoms with Crippen molar-refractivity contribution in [3.63, 3.8) is 0 Å². The summed E-state index contributed by atoms with van der Waals surface area (Å²) in [5.41, 5.74) is 6.90. The third-order valence-corrected chi connectivity index (χ3v) is 10.2. The Bertz CT molecular complexity index is 1650. The predicted molar refractivity (Wildman–Crippen MR) is 203 cm³/mol. The minimum atomic E-state index is -0.296. The summed E-state index contributed by atoms with van der Waals surface area (Å²) >= 11 is 0. The van der Waals surface area contributed by atoms with Crippen LogP contribution in [0.5, 0.6) is 0 Å². The molecule has 3 heterocycles. The molecule has 1 atom stereocenters. The number of anilines is 2. The Kier molecular flexibility index (Phi) is 12.9. The standard InChI is InChI=1S/C40H46N6O2.CH4O/c1-43-40(48)36(8-5-27-47)31-11-13-33(14-12-31)45-24-19-34(20-25-45)44-22-17-30(18-23-44)29-9-15-35(16-10-29)46-26-21-37(41)39(46)28-38(42)32-6-3-2-4-7-32;1-2/h2-4,6-7,9-16,21,26-28,30,34,36,41-42H,5,8,17-20,22-25H2,1H3,(H,43,48);2H,1H3/b39-28+,41-37?,42-38?;. The van der Waals surface area contributed by atoms with Crippen molar-refractivity contribution in [3.8, 4) is 0 Å². The summed E-state index contributed by atoms with van der Waals surface area (Å²) in [7, 11) is 2.64. The molecule has 0 saturated carbocycles. The van der Waals surface area contributed by atoms with Crippen molar-refractivity contribution < 1.29 is 14.7 Å². The van der Waals surface area contributed by atoms with Crippen molar-refractivity contribution in [2.24, 2.45) is 0 Å². The maximum Gasteiger partial charge on any atom is 0.227 e. The molecule has 0 radical (unpaired) electrons. The van der Waals surface area contributed by atoms with Crippen LogP contribution in [0.2, 0.25) is 0 Å². The lowest BCUT2D eigenvalue weighted by molar-refractivity contribution is -0.122. The van der Waals surface area contributed by atoms with Gasteiger partial charge < -0.3 is 35.3 Å². The highest BCUT2D eigenvalue weighted by atomic mass is 16.2. The smallest absolute Gasteiger partial charge is 0.227 e. The van der Waals surface area contributed by atoms with Crippen LogP contribution in [0.15, 0.2) is 103 Å². The lowest BCUT2D eigenvalue weighted by Gasteiger charge is -2.42. The molecular weight excluding hydrogens is 624 g/mol. The van der Waals surface area contributed by atoms with E-state index in [1.165, 1.54) is 11.3 Å². The van der Waals surface area contributed by atoms with E-state index in [0.29, 0.717) is 41.9 Å². The summed E-state index contributed by atoms with van der Waals surface area (Å²) in [6, 6.07) is 27.4. The van der Waals surface area contributed by atoms with Gasteiger partial charge in [-0.15, -0.1) is 0 Å². The van der Waals surface area contributed by atoms with Gasteiger partial charge in [0, 0.05) is 57.3 Å². The molecule has 2 fully saturated rings. The van der Waals surface area contributed by atoms with E-state index >= 15 is 0 Å². The lowest BCUT2D eigenvalue weighted by Crippen LogP contribution is -2.47. The molecule has 0 aliphatic carbocycles. The molecule has 3 aliphatic heterocycles. The van der Waals surface area contributed by atoms with E-state index in [1.54, 1.807) is 19.2 Å². The van der Waals surface area contributed by atoms with E-state index in [0.717, 1.165) is 82.1 Å². The van der Waals surface area contributed by atoms with Gasteiger partial charge in [0.25, 0.3) is 0 Å². The SMILES string of the molecule is CNC(=O)C(CCC=O)c1ccc(N2CCC(N3CCC(c4ccc(N5C=CC(=N)/C5=C\C(=N)c5ccccc5)cc4)CC3)CC2)cc1.CO. The van der Waals surface area contributed by atoms with Crippen molar-refractivity contribution in [3.05, 3.63) is 120 Å². The number of nitrogens with zero attached hydrogens (tertiary/aromatic N) is 3. The number of aliphatic hydroxyl groups excluding tert-OH is 1. The van der Waals surface area contributed by atoms with Gasteiger partial charge in [0.15, 0.2) is 0 Å². The molecule has 4 N–H and O–H groups in total. The first-order valence-corrected chi connectivity index (χ1v) is 17.7. The molecule has 9 heteroatoms. The number of carbonyl (C=O) groups is 2. The van der Waals surface area contributed by atoms with Crippen LogP contribution in [0.25, 0.3) is 0 Å². The predicted octanol–water partition coefficient (Wildman–Crippen LogP) is 6.26. The zero-order chi connectivity index (χ0) is 35.5. The molecular formula is C41H50N6O3. The number of rotatable bonds is 11. The monoisotopic (exact) mass is 674 g/mol. The number of piperidine rings is 2. The van der Waals surface area contributed by atoms with Crippen molar-refractivity contribution in [1.29, 1.82) is 10.8 Å². The van der Waals surface area contributed by atoms with Crippen molar-refractivity contribution >= 4 is 35.0 Å². The molecule has 1 amide bonds.